The van der Waals surface area contributed by atoms with E-state index in [1.54, 1.807) is 11.8 Å². The SMILES string of the molecule is Cc1noc(C)c1CSCC(=O)N1CCNCC1c1ccccc1Cl. The highest BCUT2D eigenvalue weighted by Crippen LogP contribution is 2.29. The maximum Gasteiger partial charge on any atom is 0.233 e. The second kappa shape index (κ2) is 8.25. The van der Waals surface area contributed by atoms with E-state index in [0.717, 1.165) is 41.4 Å². The molecule has 134 valence electrons. The molecule has 1 N–H and O–H groups in total. The molecule has 0 bridgehead atoms. The molecule has 5 nitrogen and oxygen atoms in total. The molecule has 1 fully saturated rings. The molecule has 0 radical (unpaired) electrons. The lowest BCUT2D eigenvalue weighted by atomic mass is 10.0. The fourth-order valence-corrected chi connectivity index (χ4v) is 4.38. The van der Waals surface area contributed by atoms with Gasteiger partial charge in [0, 0.05) is 36.0 Å². The van der Waals surface area contributed by atoms with Gasteiger partial charge in [0.2, 0.25) is 5.91 Å². The van der Waals surface area contributed by atoms with Gasteiger partial charge in [0.05, 0.1) is 17.5 Å². The smallest absolute Gasteiger partial charge is 0.233 e. The quantitative estimate of drug-likeness (QED) is 0.863. The van der Waals surface area contributed by atoms with Crippen LogP contribution in [0.4, 0.5) is 0 Å². The molecule has 1 amide bonds. The van der Waals surface area contributed by atoms with Crippen molar-refractivity contribution in [1.29, 1.82) is 0 Å². The predicted molar refractivity (Wildman–Crippen MR) is 101 cm³/mol. The van der Waals surface area contributed by atoms with Crippen molar-refractivity contribution in [2.75, 3.05) is 25.4 Å². The average molecular weight is 380 g/mol. The van der Waals surface area contributed by atoms with E-state index >= 15 is 0 Å². The normalized spacial score (nSPS) is 17.7. The highest BCUT2D eigenvalue weighted by Gasteiger charge is 2.29. The number of halogens is 1. The molecule has 0 saturated carbocycles. The summed E-state index contributed by atoms with van der Waals surface area (Å²) >= 11 is 7.94. The average Bonchev–Trinajstić information content (AvgIpc) is 2.94. The van der Waals surface area contributed by atoms with Crippen LogP contribution < -0.4 is 5.32 Å². The molecule has 2 aromatic rings. The third-order valence-electron chi connectivity index (χ3n) is 4.48. The van der Waals surface area contributed by atoms with Gasteiger partial charge in [-0.2, -0.15) is 0 Å². The van der Waals surface area contributed by atoms with E-state index in [1.165, 1.54) is 0 Å². The number of amides is 1. The zero-order valence-corrected chi connectivity index (χ0v) is 16.0. The number of piperazine rings is 1. The molecule has 1 aliphatic heterocycles. The predicted octanol–water partition coefficient (Wildman–Crippen LogP) is 3.35. The number of carbonyl (C=O) groups is 1. The number of carbonyl (C=O) groups excluding carboxylic acids is 1. The molecule has 1 aliphatic rings. The van der Waals surface area contributed by atoms with Crippen LogP contribution in [0.15, 0.2) is 28.8 Å². The summed E-state index contributed by atoms with van der Waals surface area (Å²) in [7, 11) is 0. The minimum Gasteiger partial charge on any atom is -0.361 e. The van der Waals surface area contributed by atoms with Gasteiger partial charge in [-0.1, -0.05) is 35.0 Å². The Balaban J connectivity index is 1.64. The van der Waals surface area contributed by atoms with E-state index in [2.05, 4.69) is 10.5 Å². The molecule has 1 atom stereocenters. The van der Waals surface area contributed by atoms with E-state index in [4.69, 9.17) is 16.1 Å². The van der Waals surface area contributed by atoms with Crippen LogP contribution in [-0.2, 0) is 10.5 Å². The van der Waals surface area contributed by atoms with Crippen LogP contribution in [0.25, 0.3) is 0 Å². The number of thioether (sulfide) groups is 1. The Labute approximate surface area is 157 Å². The molecular formula is C18H22ClN3O2S. The molecule has 2 heterocycles. The van der Waals surface area contributed by atoms with Crippen molar-refractivity contribution in [3.63, 3.8) is 0 Å². The molecule has 1 saturated heterocycles. The van der Waals surface area contributed by atoms with Crippen molar-refractivity contribution in [2.24, 2.45) is 0 Å². The first kappa shape index (κ1) is 18.3. The first-order chi connectivity index (χ1) is 12.1. The topological polar surface area (TPSA) is 58.4 Å². The number of aromatic nitrogens is 1. The minimum absolute atomic E-state index is 0.0189. The maximum absolute atomic E-state index is 12.8. The van der Waals surface area contributed by atoms with Gasteiger partial charge in [-0.3, -0.25) is 4.79 Å². The molecule has 1 aromatic heterocycles. The van der Waals surface area contributed by atoms with E-state index in [-0.39, 0.29) is 11.9 Å². The summed E-state index contributed by atoms with van der Waals surface area (Å²) in [6.07, 6.45) is 0. The number of aryl methyl sites for hydroxylation is 2. The summed E-state index contributed by atoms with van der Waals surface area (Å²) in [6.45, 7) is 6.06. The molecule has 0 aliphatic carbocycles. The number of benzene rings is 1. The van der Waals surface area contributed by atoms with Crippen LogP contribution in [0.3, 0.4) is 0 Å². The third-order valence-corrected chi connectivity index (χ3v) is 5.77. The van der Waals surface area contributed by atoms with Gasteiger partial charge in [-0.15, -0.1) is 11.8 Å². The maximum atomic E-state index is 12.8. The molecule has 7 heteroatoms. The van der Waals surface area contributed by atoms with Gasteiger partial charge in [0.25, 0.3) is 0 Å². The number of nitrogens with one attached hydrogen (secondary N) is 1. The first-order valence-corrected chi connectivity index (χ1v) is 9.85. The lowest BCUT2D eigenvalue weighted by Gasteiger charge is -2.37. The van der Waals surface area contributed by atoms with Crippen LogP contribution in [0.5, 0.6) is 0 Å². The minimum atomic E-state index is -0.0189. The van der Waals surface area contributed by atoms with Crippen molar-refractivity contribution < 1.29 is 9.32 Å². The van der Waals surface area contributed by atoms with Crippen molar-refractivity contribution in [3.05, 3.63) is 51.9 Å². The van der Waals surface area contributed by atoms with E-state index in [1.807, 2.05) is 43.0 Å². The van der Waals surface area contributed by atoms with E-state index < -0.39 is 0 Å². The Morgan fingerprint density at radius 2 is 2.24 bits per heavy atom. The van der Waals surface area contributed by atoms with Crippen LogP contribution in [0.2, 0.25) is 5.02 Å². The second-order valence-electron chi connectivity index (χ2n) is 6.12. The Morgan fingerprint density at radius 1 is 1.44 bits per heavy atom. The Kier molecular flexibility index (Phi) is 6.04. The van der Waals surface area contributed by atoms with Crippen LogP contribution in [0.1, 0.15) is 28.6 Å². The summed E-state index contributed by atoms with van der Waals surface area (Å²) < 4.78 is 5.18. The summed E-state index contributed by atoms with van der Waals surface area (Å²) in [6, 6.07) is 7.73. The van der Waals surface area contributed by atoms with E-state index in [9.17, 15) is 4.79 Å². The van der Waals surface area contributed by atoms with Crippen molar-refractivity contribution in [3.8, 4) is 0 Å². The second-order valence-corrected chi connectivity index (χ2v) is 7.52. The van der Waals surface area contributed by atoms with Gasteiger partial charge in [0.15, 0.2) is 0 Å². The highest BCUT2D eigenvalue weighted by molar-refractivity contribution is 7.99. The van der Waals surface area contributed by atoms with Crippen LogP contribution in [-0.4, -0.2) is 41.4 Å². The van der Waals surface area contributed by atoms with Crippen LogP contribution in [0, 0.1) is 13.8 Å². The Morgan fingerprint density at radius 3 is 2.96 bits per heavy atom. The highest BCUT2D eigenvalue weighted by atomic mass is 35.5. The molecular weight excluding hydrogens is 358 g/mol. The summed E-state index contributed by atoms with van der Waals surface area (Å²) in [5.74, 6) is 2.14. The van der Waals surface area contributed by atoms with Gasteiger partial charge in [-0.05, 0) is 25.5 Å². The zero-order valence-electron chi connectivity index (χ0n) is 14.4. The molecule has 1 unspecified atom stereocenters. The monoisotopic (exact) mass is 379 g/mol. The number of rotatable bonds is 5. The fraction of sp³-hybridized carbons (Fsp3) is 0.444. The van der Waals surface area contributed by atoms with Gasteiger partial charge in [-0.25, -0.2) is 0 Å². The van der Waals surface area contributed by atoms with Crippen molar-refractivity contribution >= 4 is 29.3 Å². The fourth-order valence-electron chi connectivity index (χ4n) is 3.06. The number of hydrogen-bond acceptors (Lipinski definition) is 5. The Hall–Kier alpha value is -1.50. The van der Waals surface area contributed by atoms with Gasteiger partial charge >= 0.3 is 0 Å². The number of hydrogen-bond donors (Lipinski definition) is 1. The lowest BCUT2D eigenvalue weighted by molar-refractivity contribution is -0.131. The van der Waals surface area contributed by atoms with Gasteiger partial charge in [0.1, 0.15) is 5.76 Å². The zero-order chi connectivity index (χ0) is 17.8. The first-order valence-electron chi connectivity index (χ1n) is 8.32. The molecule has 1 aromatic carbocycles. The number of nitrogens with zero attached hydrogens (tertiary/aromatic N) is 2. The third kappa shape index (κ3) is 4.19. The van der Waals surface area contributed by atoms with Crippen molar-refractivity contribution in [1.82, 2.24) is 15.4 Å². The molecule has 0 spiro atoms. The van der Waals surface area contributed by atoms with E-state index in [0.29, 0.717) is 17.3 Å². The summed E-state index contributed by atoms with van der Waals surface area (Å²) in [5.41, 5.74) is 2.98. The van der Waals surface area contributed by atoms with Crippen molar-refractivity contribution in [2.45, 2.75) is 25.6 Å². The molecule has 3 rings (SSSR count). The lowest BCUT2D eigenvalue weighted by Crippen LogP contribution is -2.49. The Bertz CT molecular complexity index is 730. The van der Waals surface area contributed by atoms with Gasteiger partial charge < -0.3 is 14.7 Å². The largest absolute Gasteiger partial charge is 0.361 e. The van der Waals surface area contributed by atoms with Crippen LogP contribution >= 0.6 is 23.4 Å². The molecule has 25 heavy (non-hydrogen) atoms. The summed E-state index contributed by atoms with van der Waals surface area (Å²) in [4.78, 5) is 14.7. The standard InChI is InChI=1S/C18H22ClN3O2S/c1-12-15(13(2)24-21-12)10-25-11-18(23)22-8-7-20-9-17(22)14-5-3-4-6-16(14)19/h3-6,17,20H,7-11H2,1-2H3. The summed E-state index contributed by atoms with van der Waals surface area (Å²) in [5, 5.41) is 8.02.